The third kappa shape index (κ3) is 2.51. The molecule has 0 fully saturated rings. The lowest BCUT2D eigenvalue weighted by Crippen LogP contribution is -2.38. The van der Waals surface area contributed by atoms with E-state index < -0.39 is 5.79 Å². The van der Waals surface area contributed by atoms with Crippen LogP contribution in [0.1, 0.15) is 34.6 Å². The van der Waals surface area contributed by atoms with Crippen LogP contribution in [0, 0.1) is 0 Å². The number of hydrogen-bond donors (Lipinski definition) is 0. The van der Waals surface area contributed by atoms with E-state index >= 15 is 0 Å². The minimum Gasteiger partial charge on any atom is -0.497 e. The summed E-state index contributed by atoms with van der Waals surface area (Å²) in [6, 6.07) is 20.5. The maximum Gasteiger partial charge on any atom is 0.238 e. The fourth-order valence-corrected chi connectivity index (χ4v) is 4.57. The standard InChI is InChI=1S/C24H20O5/c1-25-17-8-6-15(7-9-17)19-12-24(20-5-3-2-4-16(20)13-28-24)29-21-11-23-22(10-18(19)21)26-14-27-23/h2-11,19H,12-14H2,1H3/t19-,24+/m0/s1. The van der Waals surface area contributed by atoms with Gasteiger partial charge in [-0.05, 0) is 29.3 Å². The first-order valence-corrected chi connectivity index (χ1v) is 9.75. The van der Waals surface area contributed by atoms with Crippen molar-refractivity contribution in [2.24, 2.45) is 0 Å². The van der Waals surface area contributed by atoms with Crippen LogP contribution in [0.4, 0.5) is 0 Å². The van der Waals surface area contributed by atoms with Crippen molar-refractivity contribution in [1.82, 2.24) is 0 Å². The molecule has 0 aromatic heterocycles. The second kappa shape index (κ2) is 6.16. The van der Waals surface area contributed by atoms with Gasteiger partial charge in [0.15, 0.2) is 11.5 Å². The van der Waals surface area contributed by atoms with Gasteiger partial charge in [0, 0.05) is 29.5 Å². The van der Waals surface area contributed by atoms with Gasteiger partial charge in [0.1, 0.15) is 11.5 Å². The molecule has 3 aromatic rings. The van der Waals surface area contributed by atoms with Crippen molar-refractivity contribution < 1.29 is 23.7 Å². The second-order valence-electron chi connectivity index (χ2n) is 7.57. The van der Waals surface area contributed by atoms with Crippen LogP contribution in [0.15, 0.2) is 60.7 Å². The van der Waals surface area contributed by atoms with Gasteiger partial charge in [-0.25, -0.2) is 0 Å². The SMILES string of the molecule is COc1ccc([C@@H]2C[C@@]3(OCc4ccccc43)Oc3cc4c(cc32)OCO4)cc1. The summed E-state index contributed by atoms with van der Waals surface area (Å²) in [5, 5.41) is 0. The van der Waals surface area contributed by atoms with Crippen LogP contribution < -0.4 is 18.9 Å². The molecule has 3 aromatic carbocycles. The summed E-state index contributed by atoms with van der Waals surface area (Å²) in [6.45, 7) is 0.779. The van der Waals surface area contributed by atoms with Crippen molar-refractivity contribution in [2.45, 2.75) is 24.7 Å². The fraction of sp³-hybridized carbons (Fsp3) is 0.250. The molecule has 0 saturated carbocycles. The Kier molecular flexibility index (Phi) is 3.56. The van der Waals surface area contributed by atoms with Crippen molar-refractivity contribution in [3.63, 3.8) is 0 Å². The Morgan fingerprint density at radius 2 is 1.72 bits per heavy atom. The van der Waals surface area contributed by atoms with Crippen LogP contribution in [-0.2, 0) is 17.1 Å². The van der Waals surface area contributed by atoms with Gasteiger partial charge in [-0.1, -0.05) is 36.4 Å². The molecule has 3 heterocycles. The van der Waals surface area contributed by atoms with E-state index in [1.165, 1.54) is 11.1 Å². The number of hydrogen-bond acceptors (Lipinski definition) is 5. The monoisotopic (exact) mass is 388 g/mol. The van der Waals surface area contributed by atoms with E-state index in [0.717, 1.165) is 28.4 Å². The Hall–Kier alpha value is -3.18. The topological polar surface area (TPSA) is 46.2 Å². The molecule has 1 spiro atoms. The predicted molar refractivity (Wildman–Crippen MR) is 106 cm³/mol. The Balaban J connectivity index is 1.51. The van der Waals surface area contributed by atoms with Crippen LogP contribution in [0.2, 0.25) is 0 Å². The van der Waals surface area contributed by atoms with Crippen LogP contribution >= 0.6 is 0 Å². The summed E-state index contributed by atoms with van der Waals surface area (Å²) in [5.74, 6) is 2.37. The van der Waals surface area contributed by atoms with E-state index in [9.17, 15) is 0 Å². The molecule has 3 aliphatic rings. The van der Waals surface area contributed by atoms with Gasteiger partial charge >= 0.3 is 0 Å². The van der Waals surface area contributed by atoms with Crippen molar-refractivity contribution >= 4 is 0 Å². The van der Waals surface area contributed by atoms with Gasteiger partial charge in [0.05, 0.1) is 13.7 Å². The van der Waals surface area contributed by atoms with Crippen molar-refractivity contribution in [1.29, 1.82) is 0 Å². The second-order valence-corrected chi connectivity index (χ2v) is 7.57. The van der Waals surface area contributed by atoms with Gasteiger partial charge in [-0.3, -0.25) is 0 Å². The molecule has 0 saturated heterocycles. The largest absolute Gasteiger partial charge is 0.497 e. The van der Waals surface area contributed by atoms with E-state index in [2.05, 4.69) is 24.3 Å². The number of rotatable bonds is 2. The van der Waals surface area contributed by atoms with Gasteiger partial charge in [-0.2, -0.15) is 0 Å². The van der Waals surface area contributed by atoms with E-state index in [1.807, 2.05) is 36.4 Å². The average Bonchev–Trinajstić information content (AvgIpc) is 3.37. The lowest BCUT2D eigenvalue weighted by molar-refractivity contribution is -0.196. The fourth-order valence-electron chi connectivity index (χ4n) is 4.57. The van der Waals surface area contributed by atoms with Crippen molar-refractivity contribution in [3.8, 4) is 23.0 Å². The molecule has 3 aliphatic heterocycles. The van der Waals surface area contributed by atoms with E-state index in [1.54, 1.807) is 7.11 Å². The summed E-state index contributed by atoms with van der Waals surface area (Å²) in [6.07, 6.45) is 0.684. The van der Waals surface area contributed by atoms with Gasteiger partial charge in [-0.15, -0.1) is 0 Å². The van der Waals surface area contributed by atoms with Crippen LogP contribution in [-0.4, -0.2) is 13.9 Å². The minimum atomic E-state index is -0.804. The highest BCUT2D eigenvalue weighted by Gasteiger charge is 2.49. The molecule has 146 valence electrons. The summed E-state index contributed by atoms with van der Waals surface area (Å²) in [7, 11) is 1.68. The molecular formula is C24H20O5. The first-order chi connectivity index (χ1) is 14.3. The smallest absolute Gasteiger partial charge is 0.238 e. The van der Waals surface area contributed by atoms with E-state index in [0.29, 0.717) is 18.8 Å². The third-order valence-corrected chi connectivity index (χ3v) is 6.03. The van der Waals surface area contributed by atoms with E-state index in [-0.39, 0.29) is 12.7 Å². The summed E-state index contributed by atoms with van der Waals surface area (Å²) in [4.78, 5) is 0. The highest BCUT2D eigenvalue weighted by molar-refractivity contribution is 5.57. The Morgan fingerprint density at radius 3 is 2.55 bits per heavy atom. The minimum absolute atomic E-state index is 0.0883. The molecule has 5 heteroatoms. The normalized spacial score (nSPS) is 23.4. The van der Waals surface area contributed by atoms with Crippen molar-refractivity contribution in [3.05, 3.63) is 82.9 Å². The molecule has 6 rings (SSSR count). The molecule has 0 amide bonds. The molecule has 0 unspecified atom stereocenters. The molecule has 5 nitrogen and oxygen atoms in total. The number of fused-ring (bicyclic) bond motifs is 4. The Morgan fingerprint density at radius 1 is 0.931 bits per heavy atom. The molecular weight excluding hydrogens is 368 g/mol. The van der Waals surface area contributed by atoms with Gasteiger partial charge < -0.3 is 23.7 Å². The third-order valence-electron chi connectivity index (χ3n) is 6.03. The average molecular weight is 388 g/mol. The number of methoxy groups -OCH3 is 1. The number of ether oxygens (including phenoxy) is 5. The maximum absolute atomic E-state index is 6.55. The molecule has 0 N–H and O–H groups in total. The first kappa shape index (κ1) is 16.7. The Labute approximate surface area is 168 Å². The number of benzene rings is 3. The molecule has 0 bridgehead atoms. The quantitative estimate of drug-likeness (QED) is 0.636. The van der Waals surface area contributed by atoms with Gasteiger partial charge in [0.25, 0.3) is 0 Å². The van der Waals surface area contributed by atoms with Crippen molar-refractivity contribution in [2.75, 3.05) is 13.9 Å². The molecule has 2 atom stereocenters. The lowest BCUT2D eigenvalue weighted by atomic mass is 9.80. The predicted octanol–water partition coefficient (Wildman–Crippen LogP) is 4.72. The maximum atomic E-state index is 6.55. The molecule has 0 radical (unpaired) electrons. The molecule has 0 aliphatic carbocycles. The molecule has 29 heavy (non-hydrogen) atoms. The zero-order valence-corrected chi connectivity index (χ0v) is 16.0. The first-order valence-electron chi connectivity index (χ1n) is 9.75. The lowest BCUT2D eigenvalue weighted by Gasteiger charge is -2.39. The van der Waals surface area contributed by atoms with Crippen LogP contribution in [0.3, 0.4) is 0 Å². The zero-order chi connectivity index (χ0) is 19.4. The van der Waals surface area contributed by atoms with Crippen LogP contribution in [0.25, 0.3) is 0 Å². The van der Waals surface area contributed by atoms with Crippen LogP contribution in [0.5, 0.6) is 23.0 Å². The highest BCUT2D eigenvalue weighted by atomic mass is 16.7. The highest BCUT2D eigenvalue weighted by Crippen LogP contribution is 2.54. The zero-order valence-electron chi connectivity index (χ0n) is 16.0. The van der Waals surface area contributed by atoms with E-state index in [4.69, 9.17) is 23.7 Å². The summed E-state index contributed by atoms with van der Waals surface area (Å²) in [5.41, 5.74) is 4.53. The Bertz CT molecular complexity index is 1090. The summed E-state index contributed by atoms with van der Waals surface area (Å²) >= 11 is 0. The summed E-state index contributed by atoms with van der Waals surface area (Å²) < 4.78 is 29.4. The van der Waals surface area contributed by atoms with Gasteiger partial charge in [0.2, 0.25) is 12.6 Å².